The van der Waals surface area contributed by atoms with Gasteiger partial charge < -0.3 is 16.0 Å². The number of carbonyl (C=O) groups is 2. The minimum atomic E-state index is -0.227. The standard InChI is InChI=1S/C20H27N3O2S/c1-3-4-5-6-9-15(2)21-20(25)23-17-11-7-10-16(14-17)22-19(24)18-12-8-13-26-18/h7-8,10-15H,3-6,9H2,1-2H3,(H,22,24)(H2,21,23,25). The number of anilines is 2. The summed E-state index contributed by atoms with van der Waals surface area (Å²) < 4.78 is 0. The first-order chi connectivity index (χ1) is 12.6. The van der Waals surface area contributed by atoms with E-state index < -0.39 is 0 Å². The molecule has 1 heterocycles. The highest BCUT2D eigenvalue weighted by molar-refractivity contribution is 7.12. The molecule has 0 fully saturated rings. The number of nitrogens with one attached hydrogen (secondary N) is 3. The first-order valence-corrected chi connectivity index (χ1v) is 9.99. The zero-order valence-corrected chi connectivity index (χ0v) is 16.2. The SMILES string of the molecule is CCCCCCC(C)NC(=O)Nc1cccc(NC(=O)c2cccs2)c1. The Hall–Kier alpha value is -2.34. The molecule has 3 amide bonds. The molecule has 0 aliphatic heterocycles. The number of hydrogen-bond donors (Lipinski definition) is 3. The van der Waals surface area contributed by atoms with Gasteiger partial charge in [0.15, 0.2) is 0 Å². The van der Waals surface area contributed by atoms with Crippen molar-refractivity contribution >= 4 is 34.6 Å². The normalized spacial score (nSPS) is 11.6. The van der Waals surface area contributed by atoms with Crippen molar-refractivity contribution in [3.63, 3.8) is 0 Å². The molecule has 0 aliphatic carbocycles. The number of urea groups is 1. The first-order valence-electron chi connectivity index (χ1n) is 9.11. The third kappa shape index (κ3) is 6.88. The lowest BCUT2D eigenvalue weighted by Gasteiger charge is -2.15. The van der Waals surface area contributed by atoms with E-state index in [0.29, 0.717) is 16.3 Å². The number of rotatable bonds is 9. The Morgan fingerprint density at radius 3 is 2.50 bits per heavy atom. The zero-order valence-electron chi connectivity index (χ0n) is 15.4. The molecule has 3 N–H and O–H groups in total. The molecule has 1 aromatic heterocycles. The van der Waals surface area contributed by atoms with E-state index in [2.05, 4.69) is 22.9 Å². The molecule has 0 spiro atoms. The molecule has 5 nitrogen and oxygen atoms in total. The summed E-state index contributed by atoms with van der Waals surface area (Å²) in [4.78, 5) is 24.9. The smallest absolute Gasteiger partial charge is 0.319 e. The number of carbonyl (C=O) groups excluding carboxylic acids is 2. The van der Waals surface area contributed by atoms with Gasteiger partial charge in [-0.05, 0) is 43.0 Å². The molecule has 0 saturated carbocycles. The Morgan fingerprint density at radius 2 is 1.81 bits per heavy atom. The number of amides is 3. The fraction of sp³-hybridized carbons (Fsp3) is 0.400. The Labute approximate surface area is 159 Å². The average molecular weight is 374 g/mol. The van der Waals surface area contributed by atoms with E-state index in [0.717, 1.165) is 12.8 Å². The van der Waals surface area contributed by atoms with Gasteiger partial charge in [0.25, 0.3) is 5.91 Å². The minimum absolute atomic E-state index is 0.133. The molecule has 0 radical (unpaired) electrons. The third-order valence-electron chi connectivity index (χ3n) is 3.99. The van der Waals surface area contributed by atoms with Crippen molar-refractivity contribution in [1.29, 1.82) is 0 Å². The minimum Gasteiger partial charge on any atom is -0.335 e. The van der Waals surface area contributed by atoms with Gasteiger partial charge in [-0.1, -0.05) is 44.7 Å². The molecular formula is C20H27N3O2S. The van der Waals surface area contributed by atoms with Crippen molar-refractivity contribution in [1.82, 2.24) is 5.32 Å². The summed E-state index contributed by atoms with van der Waals surface area (Å²) in [5, 5.41) is 10.5. The van der Waals surface area contributed by atoms with Crippen LogP contribution in [0, 0.1) is 0 Å². The molecule has 6 heteroatoms. The fourth-order valence-electron chi connectivity index (χ4n) is 2.62. The van der Waals surface area contributed by atoms with Gasteiger partial charge in [-0.25, -0.2) is 4.79 Å². The lowest BCUT2D eigenvalue weighted by atomic mass is 10.1. The van der Waals surface area contributed by atoms with Gasteiger partial charge in [-0.3, -0.25) is 4.79 Å². The predicted molar refractivity (Wildman–Crippen MR) is 109 cm³/mol. The Balaban J connectivity index is 1.81. The summed E-state index contributed by atoms with van der Waals surface area (Å²) >= 11 is 1.39. The van der Waals surface area contributed by atoms with E-state index in [4.69, 9.17) is 0 Å². The Kier molecular flexibility index (Phi) is 8.15. The summed E-state index contributed by atoms with van der Waals surface area (Å²) in [6, 6.07) is 10.7. The monoisotopic (exact) mass is 373 g/mol. The van der Waals surface area contributed by atoms with Crippen molar-refractivity contribution in [2.45, 2.75) is 52.0 Å². The van der Waals surface area contributed by atoms with Crippen molar-refractivity contribution in [2.24, 2.45) is 0 Å². The van der Waals surface area contributed by atoms with Crippen LogP contribution in [0.1, 0.15) is 55.6 Å². The number of benzene rings is 1. The van der Waals surface area contributed by atoms with Crippen LogP contribution in [0.4, 0.5) is 16.2 Å². The molecule has 26 heavy (non-hydrogen) atoms. The van der Waals surface area contributed by atoms with Gasteiger partial charge in [-0.15, -0.1) is 11.3 Å². The lowest BCUT2D eigenvalue weighted by Crippen LogP contribution is -2.36. The van der Waals surface area contributed by atoms with Gasteiger partial charge in [0.05, 0.1) is 4.88 Å². The van der Waals surface area contributed by atoms with Gasteiger partial charge in [0, 0.05) is 17.4 Å². The van der Waals surface area contributed by atoms with Crippen molar-refractivity contribution < 1.29 is 9.59 Å². The molecule has 2 aromatic rings. The van der Waals surface area contributed by atoms with Gasteiger partial charge in [-0.2, -0.15) is 0 Å². The van der Waals surface area contributed by atoms with Gasteiger partial charge in [0.1, 0.15) is 0 Å². The van der Waals surface area contributed by atoms with E-state index in [-0.39, 0.29) is 18.0 Å². The molecule has 0 saturated heterocycles. The summed E-state index contributed by atoms with van der Waals surface area (Å²) in [5.41, 5.74) is 1.29. The maximum Gasteiger partial charge on any atom is 0.319 e. The number of thiophene rings is 1. The van der Waals surface area contributed by atoms with Crippen molar-refractivity contribution in [3.8, 4) is 0 Å². The maximum absolute atomic E-state index is 12.1. The molecule has 1 atom stereocenters. The largest absolute Gasteiger partial charge is 0.335 e. The second kappa shape index (κ2) is 10.6. The van der Waals surface area contributed by atoms with Gasteiger partial charge >= 0.3 is 6.03 Å². The first kappa shape index (κ1) is 20.0. The van der Waals surface area contributed by atoms with Crippen LogP contribution in [-0.2, 0) is 0 Å². The molecule has 0 aliphatic rings. The molecular weight excluding hydrogens is 346 g/mol. The summed E-state index contributed by atoms with van der Waals surface area (Å²) in [6.45, 7) is 4.20. The molecule has 1 unspecified atom stereocenters. The number of hydrogen-bond acceptors (Lipinski definition) is 3. The van der Waals surface area contributed by atoms with Crippen LogP contribution in [-0.4, -0.2) is 18.0 Å². The average Bonchev–Trinajstić information content (AvgIpc) is 3.13. The van der Waals surface area contributed by atoms with Crippen LogP contribution >= 0.6 is 11.3 Å². The summed E-state index contributed by atoms with van der Waals surface area (Å²) in [7, 11) is 0. The van der Waals surface area contributed by atoms with E-state index in [9.17, 15) is 9.59 Å². The molecule has 140 valence electrons. The van der Waals surface area contributed by atoms with Crippen LogP contribution < -0.4 is 16.0 Å². The van der Waals surface area contributed by atoms with Gasteiger partial charge in [0.2, 0.25) is 0 Å². The molecule has 0 bridgehead atoms. The summed E-state index contributed by atoms with van der Waals surface area (Å²) in [5.74, 6) is -0.151. The highest BCUT2D eigenvalue weighted by Crippen LogP contribution is 2.17. The second-order valence-corrected chi connectivity index (χ2v) is 7.31. The number of unbranched alkanes of at least 4 members (excludes halogenated alkanes) is 3. The van der Waals surface area contributed by atoms with E-state index in [1.165, 1.54) is 30.6 Å². The van der Waals surface area contributed by atoms with Crippen LogP contribution in [0.15, 0.2) is 41.8 Å². The Morgan fingerprint density at radius 1 is 1.04 bits per heavy atom. The topological polar surface area (TPSA) is 70.2 Å². The molecule has 2 rings (SSSR count). The van der Waals surface area contributed by atoms with Crippen LogP contribution in [0.2, 0.25) is 0 Å². The van der Waals surface area contributed by atoms with E-state index >= 15 is 0 Å². The van der Waals surface area contributed by atoms with Crippen LogP contribution in [0.25, 0.3) is 0 Å². The maximum atomic E-state index is 12.1. The molecule has 1 aromatic carbocycles. The third-order valence-corrected chi connectivity index (χ3v) is 4.86. The van der Waals surface area contributed by atoms with Crippen LogP contribution in [0.5, 0.6) is 0 Å². The van der Waals surface area contributed by atoms with Crippen molar-refractivity contribution in [2.75, 3.05) is 10.6 Å². The van der Waals surface area contributed by atoms with Crippen molar-refractivity contribution in [3.05, 3.63) is 46.7 Å². The fourth-order valence-corrected chi connectivity index (χ4v) is 3.23. The zero-order chi connectivity index (χ0) is 18.8. The highest BCUT2D eigenvalue weighted by Gasteiger charge is 2.09. The second-order valence-electron chi connectivity index (χ2n) is 6.36. The lowest BCUT2D eigenvalue weighted by molar-refractivity contribution is 0.103. The van der Waals surface area contributed by atoms with Crippen LogP contribution in [0.3, 0.4) is 0 Å². The predicted octanol–water partition coefficient (Wildman–Crippen LogP) is 5.48. The summed E-state index contributed by atoms with van der Waals surface area (Å²) in [6.07, 6.45) is 5.75. The quantitative estimate of drug-likeness (QED) is 0.509. The Bertz CT molecular complexity index is 701. The highest BCUT2D eigenvalue weighted by atomic mass is 32.1. The van der Waals surface area contributed by atoms with E-state index in [1.807, 2.05) is 18.4 Å². The van der Waals surface area contributed by atoms with E-state index in [1.54, 1.807) is 30.3 Å².